The van der Waals surface area contributed by atoms with Crippen molar-refractivity contribution in [1.82, 2.24) is 0 Å². The quantitative estimate of drug-likeness (QED) is 0.480. The smallest absolute Gasteiger partial charge is 0.271 e. The molecule has 0 aromatic heterocycles. The second-order valence-corrected chi connectivity index (χ2v) is 4.50. The summed E-state index contributed by atoms with van der Waals surface area (Å²) in [6, 6.07) is 8.72. The lowest BCUT2D eigenvalue weighted by molar-refractivity contribution is -0.384. The molecular formula is C14H9ClFNO4. The van der Waals surface area contributed by atoms with Crippen LogP contribution in [0.15, 0.2) is 42.5 Å². The van der Waals surface area contributed by atoms with Crippen LogP contribution in [0.5, 0.6) is 5.75 Å². The summed E-state index contributed by atoms with van der Waals surface area (Å²) in [5.74, 6) is -0.631. The van der Waals surface area contributed by atoms with E-state index in [1.54, 1.807) is 0 Å². The van der Waals surface area contributed by atoms with Crippen molar-refractivity contribution in [1.29, 1.82) is 0 Å². The van der Waals surface area contributed by atoms with E-state index in [1.807, 2.05) is 0 Å². The van der Waals surface area contributed by atoms with Gasteiger partial charge < -0.3 is 4.74 Å². The van der Waals surface area contributed by atoms with Crippen LogP contribution in [0.3, 0.4) is 0 Å². The average molecular weight is 310 g/mol. The Morgan fingerprint density at radius 1 is 1.24 bits per heavy atom. The molecule has 0 bridgehead atoms. The second-order valence-electron chi connectivity index (χ2n) is 4.09. The third kappa shape index (κ3) is 3.76. The van der Waals surface area contributed by atoms with Gasteiger partial charge in [-0.15, -0.1) is 0 Å². The van der Waals surface area contributed by atoms with Crippen molar-refractivity contribution in [3.05, 3.63) is 69.0 Å². The van der Waals surface area contributed by atoms with E-state index in [9.17, 15) is 19.3 Å². The molecule has 0 saturated carbocycles. The van der Waals surface area contributed by atoms with Crippen molar-refractivity contribution in [3.63, 3.8) is 0 Å². The normalized spacial score (nSPS) is 10.2. The molecule has 2 aromatic carbocycles. The lowest BCUT2D eigenvalue weighted by atomic mass is 10.1. The maximum atomic E-state index is 12.7. The van der Waals surface area contributed by atoms with Gasteiger partial charge in [0, 0.05) is 17.7 Å². The van der Waals surface area contributed by atoms with Gasteiger partial charge in [0.15, 0.2) is 12.4 Å². The zero-order chi connectivity index (χ0) is 15.4. The molecule has 5 nitrogen and oxygen atoms in total. The first-order valence-electron chi connectivity index (χ1n) is 5.83. The largest absolute Gasteiger partial charge is 0.484 e. The molecule has 0 spiro atoms. The van der Waals surface area contributed by atoms with Crippen molar-refractivity contribution in [3.8, 4) is 5.75 Å². The molecule has 21 heavy (non-hydrogen) atoms. The standard InChI is InChI=1S/C14H9ClFNO4/c15-12-7-11(17(19)20)5-6-14(12)21-8-13(18)9-1-3-10(16)4-2-9/h1-7H,8H2. The van der Waals surface area contributed by atoms with Crippen molar-refractivity contribution in [2.75, 3.05) is 6.61 Å². The Labute approximate surface area is 124 Å². The molecule has 0 aliphatic rings. The van der Waals surface area contributed by atoms with Crippen LogP contribution < -0.4 is 4.74 Å². The fraction of sp³-hybridized carbons (Fsp3) is 0.0714. The Hall–Kier alpha value is -2.47. The van der Waals surface area contributed by atoms with Crippen molar-refractivity contribution in [2.24, 2.45) is 0 Å². The molecule has 2 rings (SSSR count). The van der Waals surface area contributed by atoms with Gasteiger partial charge in [-0.2, -0.15) is 0 Å². The molecule has 0 atom stereocenters. The highest BCUT2D eigenvalue weighted by Gasteiger charge is 2.12. The number of ketones is 1. The molecule has 0 unspecified atom stereocenters. The van der Waals surface area contributed by atoms with Crippen LogP contribution in [0.4, 0.5) is 10.1 Å². The maximum absolute atomic E-state index is 12.7. The van der Waals surface area contributed by atoms with E-state index in [0.717, 1.165) is 6.07 Å². The van der Waals surface area contributed by atoms with Gasteiger partial charge in [-0.3, -0.25) is 14.9 Å². The summed E-state index contributed by atoms with van der Waals surface area (Å²) in [5.41, 5.74) is 0.131. The highest BCUT2D eigenvalue weighted by atomic mass is 35.5. The predicted molar refractivity (Wildman–Crippen MR) is 74.3 cm³/mol. The lowest BCUT2D eigenvalue weighted by Crippen LogP contribution is -2.11. The molecule has 0 heterocycles. The molecule has 0 amide bonds. The number of non-ortho nitro benzene ring substituents is 1. The minimum absolute atomic E-state index is 0.0381. The average Bonchev–Trinajstić information content (AvgIpc) is 2.46. The fourth-order valence-electron chi connectivity index (χ4n) is 1.58. The van der Waals surface area contributed by atoms with Crippen LogP contribution in [0.1, 0.15) is 10.4 Å². The number of nitrogens with zero attached hydrogens (tertiary/aromatic N) is 1. The lowest BCUT2D eigenvalue weighted by Gasteiger charge is -2.07. The number of nitro groups is 1. The molecule has 0 N–H and O–H groups in total. The molecule has 0 saturated heterocycles. The molecule has 108 valence electrons. The van der Waals surface area contributed by atoms with Gasteiger partial charge in [-0.25, -0.2) is 4.39 Å². The molecule has 7 heteroatoms. The van der Waals surface area contributed by atoms with Crippen molar-refractivity contribution < 1.29 is 18.8 Å². The van der Waals surface area contributed by atoms with Gasteiger partial charge in [-0.05, 0) is 30.3 Å². The van der Waals surface area contributed by atoms with E-state index >= 15 is 0 Å². The number of Topliss-reactive ketones (excluding diaryl/α,β-unsaturated/α-hetero) is 1. The summed E-state index contributed by atoms with van der Waals surface area (Å²) in [5, 5.41) is 10.6. The summed E-state index contributed by atoms with van der Waals surface area (Å²) < 4.78 is 18.0. The zero-order valence-electron chi connectivity index (χ0n) is 10.6. The second kappa shape index (κ2) is 6.32. The SMILES string of the molecule is O=C(COc1ccc([N+](=O)[O-])cc1Cl)c1ccc(F)cc1. The summed E-state index contributed by atoms with van der Waals surface area (Å²) in [6.45, 7) is -0.302. The third-order valence-corrected chi connectivity index (χ3v) is 2.95. The number of carbonyl (C=O) groups is 1. The topological polar surface area (TPSA) is 69.4 Å². The highest BCUT2D eigenvalue weighted by molar-refractivity contribution is 6.32. The minimum atomic E-state index is -0.584. The summed E-state index contributed by atoms with van der Waals surface area (Å²) in [4.78, 5) is 21.8. The molecular weight excluding hydrogens is 301 g/mol. The Balaban J connectivity index is 2.04. The van der Waals surface area contributed by atoms with E-state index < -0.39 is 10.7 Å². The Morgan fingerprint density at radius 3 is 2.48 bits per heavy atom. The van der Waals surface area contributed by atoms with Crippen LogP contribution in [0, 0.1) is 15.9 Å². The first-order chi connectivity index (χ1) is 9.97. The third-order valence-electron chi connectivity index (χ3n) is 2.65. The van der Waals surface area contributed by atoms with E-state index in [1.165, 1.54) is 36.4 Å². The Kier molecular flexibility index (Phi) is 4.49. The molecule has 0 radical (unpaired) electrons. The monoisotopic (exact) mass is 309 g/mol. The minimum Gasteiger partial charge on any atom is -0.484 e. The predicted octanol–water partition coefficient (Wildman–Crippen LogP) is 3.65. The first kappa shape index (κ1) is 14.9. The number of halogens is 2. The number of benzene rings is 2. The Bertz CT molecular complexity index is 688. The van der Waals surface area contributed by atoms with Gasteiger partial charge in [-0.1, -0.05) is 11.6 Å². The number of carbonyl (C=O) groups excluding carboxylic acids is 1. The molecule has 0 aliphatic heterocycles. The fourth-order valence-corrected chi connectivity index (χ4v) is 1.81. The number of hydrogen-bond donors (Lipinski definition) is 0. The highest BCUT2D eigenvalue weighted by Crippen LogP contribution is 2.28. The first-order valence-corrected chi connectivity index (χ1v) is 6.20. The Morgan fingerprint density at radius 2 is 1.90 bits per heavy atom. The molecule has 0 fully saturated rings. The van der Waals surface area contributed by atoms with E-state index in [4.69, 9.17) is 16.3 Å². The zero-order valence-corrected chi connectivity index (χ0v) is 11.3. The van der Waals surface area contributed by atoms with Crippen LogP contribution in [-0.2, 0) is 0 Å². The van der Waals surface area contributed by atoms with Crippen molar-refractivity contribution >= 4 is 23.1 Å². The van der Waals surface area contributed by atoms with Gasteiger partial charge in [0.05, 0.1) is 9.95 Å². The number of nitro benzene ring substituents is 1. The van der Waals surface area contributed by atoms with Gasteiger partial charge in [0.1, 0.15) is 11.6 Å². The van der Waals surface area contributed by atoms with E-state index in [2.05, 4.69) is 0 Å². The van der Waals surface area contributed by atoms with E-state index in [0.29, 0.717) is 5.56 Å². The summed E-state index contributed by atoms with van der Waals surface area (Å²) >= 11 is 5.83. The number of rotatable bonds is 5. The number of hydrogen-bond acceptors (Lipinski definition) is 4. The number of ether oxygens (including phenoxy) is 1. The van der Waals surface area contributed by atoms with E-state index in [-0.39, 0.29) is 28.8 Å². The molecule has 2 aromatic rings. The maximum Gasteiger partial charge on any atom is 0.271 e. The van der Waals surface area contributed by atoms with Crippen molar-refractivity contribution in [2.45, 2.75) is 0 Å². The van der Waals surface area contributed by atoms with Gasteiger partial charge in [0.25, 0.3) is 5.69 Å². The van der Waals surface area contributed by atoms with Gasteiger partial charge >= 0.3 is 0 Å². The van der Waals surface area contributed by atoms with Gasteiger partial charge in [0.2, 0.25) is 0 Å². The molecule has 0 aliphatic carbocycles. The summed E-state index contributed by atoms with van der Waals surface area (Å²) in [6.07, 6.45) is 0. The van der Waals surface area contributed by atoms with Crippen LogP contribution in [-0.4, -0.2) is 17.3 Å². The summed E-state index contributed by atoms with van der Waals surface area (Å²) in [7, 11) is 0. The van der Waals surface area contributed by atoms with Crippen LogP contribution in [0.2, 0.25) is 5.02 Å². The van der Waals surface area contributed by atoms with Crippen LogP contribution in [0.25, 0.3) is 0 Å². The van der Waals surface area contributed by atoms with Crippen LogP contribution >= 0.6 is 11.6 Å².